The smallest absolute Gasteiger partial charge is 1.00 e. The average Bonchev–Trinajstić information content (AvgIpc) is 2.39. The molecule has 0 aliphatic rings. The van der Waals surface area contributed by atoms with Crippen LogP contribution < -0.4 is 18.9 Å². The third-order valence-electron chi connectivity index (χ3n) is 3.74. The molecule has 2 nitrogen and oxygen atoms in total. The molecule has 0 saturated heterocycles. The van der Waals surface area contributed by atoms with Crippen LogP contribution in [0.4, 0.5) is 0 Å². The molecular formula is C17H35LiO2. The summed E-state index contributed by atoms with van der Waals surface area (Å²) in [6.07, 6.45) is 18.7. The molecule has 20 heavy (non-hydrogen) atoms. The molecule has 0 rings (SSSR count). The molecule has 0 atom stereocenters. The van der Waals surface area contributed by atoms with Crippen molar-refractivity contribution in [2.24, 2.45) is 0 Å². The molecule has 0 aromatic heterocycles. The average molecular weight is 278 g/mol. The first kappa shape index (κ1) is 22.4. The molecule has 0 unspecified atom stereocenters. The standard InChI is InChI=1S/C17H34O2.Li.H/c1-2-3-4-5-6-7-8-9-10-11-12-13-14-15-16-17(18)19;;/h2-16H2,1H3,(H,18,19);;/q;+1;-1. The van der Waals surface area contributed by atoms with Crippen LogP contribution >= 0.6 is 0 Å². The number of hydrogen-bond acceptors (Lipinski definition) is 1. The third kappa shape index (κ3) is 20.4. The number of carboxylic acid groups (broad SMARTS) is 1. The van der Waals surface area contributed by atoms with E-state index in [-0.39, 0.29) is 20.3 Å². The van der Waals surface area contributed by atoms with Crippen molar-refractivity contribution < 1.29 is 30.2 Å². The van der Waals surface area contributed by atoms with Gasteiger partial charge in [0.15, 0.2) is 0 Å². The van der Waals surface area contributed by atoms with E-state index in [0.29, 0.717) is 6.42 Å². The second-order valence-corrected chi connectivity index (χ2v) is 5.74. The van der Waals surface area contributed by atoms with Crippen molar-refractivity contribution in [2.45, 2.75) is 103 Å². The number of carbonyl (C=O) groups is 1. The van der Waals surface area contributed by atoms with Crippen molar-refractivity contribution in [3.63, 3.8) is 0 Å². The van der Waals surface area contributed by atoms with Crippen LogP contribution in [0.3, 0.4) is 0 Å². The van der Waals surface area contributed by atoms with E-state index in [1.807, 2.05) is 0 Å². The van der Waals surface area contributed by atoms with Gasteiger partial charge in [-0.2, -0.15) is 0 Å². The summed E-state index contributed by atoms with van der Waals surface area (Å²) in [6, 6.07) is 0. The summed E-state index contributed by atoms with van der Waals surface area (Å²) in [5, 5.41) is 8.50. The van der Waals surface area contributed by atoms with Gasteiger partial charge in [0.1, 0.15) is 0 Å². The van der Waals surface area contributed by atoms with E-state index in [2.05, 4.69) is 6.92 Å². The maximum Gasteiger partial charge on any atom is 1.00 e. The molecule has 0 aliphatic carbocycles. The van der Waals surface area contributed by atoms with Gasteiger partial charge >= 0.3 is 24.8 Å². The quantitative estimate of drug-likeness (QED) is 0.369. The van der Waals surface area contributed by atoms with Crippen molar-refractivity contribution in [1.29, 1.82) is 0 Å². The first-order chi connectivity index (χ1) is 9.27. The van der Waals surface area contributed by atoms with Crippen molar-refractivity contribution >= 4 is 5.97 Å². The molecule has 0 aromatic carbocycles. The molecule has 0 aliphatic heterocycles. The molecule has 0 aromatic rings. The molecule has 0 fully saturated rings. The Bertz CT molecular complexity index is 201. The largest absolute Gasteiger partial charge is 1.00 e. The fourth-order valence-electron chi connectivity index (χ4n) is 2.47. The zero-order valence-electron chi connectivity index (χ0n) is 15.0. The molecule has 0 amide bonds. The van der Waals surface area contributed by atoms with Crippen LogP contribution in [0, 0.1) is 0 Å². The summed E-state index contributed by atoms with van der Waals surface area (Å²) < 4.78 is 0. The van der Waals surface area contributed by atoms with Crippen LogP contribution in [0.5, 0.6) is 0 Å². The normalized spacial score (nSPS) is 10.2. The fourth-order valence-corrected chi connectivity index (χ4v) is 2.47. The molecule has 0 heterocycles. The molecule has 116 valence electrons. The summed E-state index contributed by atoms with van der Waals surface area (Å²) in [6.45, 7) is 2.27. The number of rotatable bonds is 15. The van der Waals surface area contributed by atoms with Crippen molar-refractivity contribution in [2.75, 3.05) is 0 Å². The first-order valence-electron chi connectivity index (χ1n) is 8.49. The van der Waals surface area contributed by atoms with Crippen LogP contribution in [-0.2, 0) is 4.79 Å². The minimum atomic E-state index is -0.654. The van der Waals surface area contributed by atoms with Gasteiger partial charge in [0.2, 0.25) is 0 Å². The second kappa shape index (κ2) is 19.1. The molecule has 0 bridgehead atoms. The molecule has 0 saturated carbocycles. The van der Waals surface area contributed by atoms with Gasteiger partial charge in [-0.1, -0.05) is 90.4 Å². The first-order valence-corrected chi connectivity index (χ1v) is 8.49. The Morgan fingerprint density at radius 3 is 1.30 bits per heavy atom. The minimum absolute atomic E-state index is 0. The number of carboxylic acids is 1. The van der Waals surface area contributed by atoms with Gasteiger partial charge in [-0.15, -0.1) is 0 Å². The Kier molecular flexibility index (Phi) is 21.3. The van der Waals surface area contributed by atoms with Gasteiger partial charge in [0.05, 0.1) is 0 Å². The van der Waals surface area contributed by atoms with Gasteiger partial charge in [-0.3, -0.25) is 4.79 Å². The van der Waals surface area contributed by atoms with Gasteiger partial charge in [-0.05, 0) is 6.42 Å². The topological polar surface area (TPSA) is 37.3 Å². The number of hydrogen-bond donors (Lipinski definition) is 1. The van der Waals surface area contributed by atoms with Crippen LogP contribution in [0.2, 0.25) is 0 Å². The zero-order valence-corrected chi connectivity index (χ0v) is 14.0. The minimum Gasteiger partial charge on any atom is -1.00 e. The fraction of sp³-hybridized carbons (Fsp3) is 0.941. The van der Waals surface area contributed by atoms with E-state index in [1.54, 1.807) is 0 Å². The molecule has 3 heteroatoms. The maximum absolute atomic E-state index is 10.3. The van der Waals surface area contributed by atoms with E-state index in [9.17, 15) is 4.79 Å². The van der Waals surface area contributed by atoms with Crippen molar-refractivity contribution in [3.8, 4) is 0 Å². The summed E-state index contributed by atoms with van der Waals surface area (Å²) >= 11 is 0. The van der Waals surface area contributed by atoms with Crippen molar-refractivity contribution in [1.82, 2.24) is 0 Å². The summed E-state index contributed by atoms with van der Waals surface area (Å²) in [4.78, 5) is 10.3. The van der Waals surface area contributed by atoms with Crippen LogP contribution in [0.25, 0.3) is 0 Å². The van der Waals surface area contributed by atoms with E-state index in [0.717, 1.165) is 12.8 Å². The predicted octanol–water partition coefficient (Wildman–Crippen LogP) is 3.06. The Morgan fingerprint density at radius 2 is 1.00 bits per heavy atom. The predicted molar refractivity (Wildman–Crippen MR) is 83.7 cm³/mol. The summed E-state index contributed by atoms with van der Waals surface area (Å²) in [5.74, 6) is -0.654. The van der Waals surface area contributed by atoms with E-state index >= 15 is 0 Å². The Balaban J connectivity index is -0.00000162. The zero-order chi connectivity index (χ0) is 14.2. The van der Waals surface area contributed by atoms with E-state index < -0.39 is 5.97 Å². The van der Waals surface area contributed by atoms with Crippen LogP contribution in [-0.4, -0.2) is 11.1 Å². The van der Waals surface area contributed by atoms with Crippen LogP contribution in [0.15, 0.2) is 0 Å². The van der Waals surface area contributed by atoms with Gasteiger partial charge < -0.3 is 6.53 Å². The number of aliphatic carboxylic acids is 1. The van der Waals surface area contributed by atoms with Gasteiger partial charge in [-0.25, -0.2) is 0 Å². The van der Waals surface area contributed by atoms with Gasteiger partial charge in [0, 0.05) is 6.42 Å². The summed E-state index contributed by atoms with van der Waals surface area (Å²) in [5.41, 5.74) is 0. The second-order valence-electron chi connectivity index (χ2n) is 5.74. The van der Waals surface area contributed by atoms with E-state index in [4.69, 9.17) is 5.11 Å². The van der Waals surface area contributed by atoms with Crippen LogP contribution in [0.1, 0.15) is 105 Å². The van der Waals surface area contributed by atoms with Crippen molar-refractivity contribution in [3.05, 3.63) is 0 Å². The molecule has 1 N–H and O–H groups in total. The summed E-state index contributed by atoms with van der Waals surface area (Å²) in [7, 11) is 0. The monoisotopic (exact) mass is 278 g/mol. The molecule has 0 radical (unpaired) electrons. The Labute approximate surface area is 139 Å². The number of unbranched alkanes of at least 4 members (excludes halogenated alkanes) is 13. The van der Waals surface area contributed by atoms with E-state index in [1.165, 1.54) is 77.0 Å². The molecule has 0 spiro atoms. The maximum atomic E-state index is 10.3. The molecular weight excluding hydrogens is 243 g/mol. The SMILES string of the molecule is CCCCCCCCCCCCCCCCC(=O)O.[H-].[Li+]. The Hall–Kier alpha value is 0.0674. The van der Waals surface area contributed by atoms with Gasteiger partial charge in [0.25, 0.3) is 0 Å². The Morgan fingerprint density at radius 1 is 0.700 bits per heavy atom. The third-order valence-corrected chi connectivity index (χ3v) is 3.74.